The Morgan fingerprint density at radius 3 is 2.47 bits per heavy atom. The Morgan fingerprint density at radius 1 is 1.32 bits per heavy atom. The van der Waals surface area contributed by atoms with Gasteiger partial charge in [0, 0.05) is 21.1 Å². The summed E-state index contributed by atoms with van der Waals surface area (Å²) in [6.45, 7) is -0.460. The molecule has 0 unspecified atom stereocenters. The van der Waals surface area contributed by atoms with Gasteiger partial charge >= 0.3 is 5.97 Å². The number of rotatable bonds is 5. The van der Waals surface area contributed by atoms with Crippen LogP contribution in [0.1, 0.15) is 10.5 Å². The van der Waals surface area contributed by atoms with E-state index >= 15 is 0 Å². The molecule has 19 heavy (non-hydrogen) atoms. The van der Waals surface area contributed by atoms with Gasteiger partial charge in [-0.1, -0.05) is 5.21 Å². The van der Waals surface area contributed by atoms with E-state index in [0.717, 1.165) is 4.68 Å². The SMILES string of the molecule is CN(C)C(=O)CN(C)C(=O)c1cn(CC(=O)O)nn1. The molecule has 0 fully saturated rings. The van der Waals surface area contributed by atoms with Gasteiger partial charge in [-0.05, 0) is 0 Å². The highest BCUT2D eigenvalue weighted by atomic mass is 16.4. The summed E-state index contributed by atoms with van der Waals surface area (Å²) < 4.78 is 1.04. The Bertz CT molecular complexity index is 496. The van der Waals surface area contributed by atoms with E-state index in [1.165, 1.54) is 23.0 Å². The third kappa shape index (κ3) is 4.05. The second-order valence-corrected chi connectivity index (χ2v) is 4.14. The molecule has 0 saturated carbocycles. The van der Waals surface area contributed by atoms with Crippen LogP contribution in [-0.2, 0) is 16.1 Å². The van der Waals surface area contributed by atoms with Gasteiger partial charge in [0.2, 0.25) is 5.91 Å². The van der Waals surface area contributed by atoms with Crippen molar-refractivity contribution in [3.8, 4) is 0 Å². The first kappa shape index (κ1) is 14.6. The molecule has 9 nitrogen and oxygen atoms in total. The van der Waals surface area contributed by atoms with Crippen molar-refractivity contribution in [2.24, 2.45) is 0 Å². The maximum Gasteiger partial charge on any atom is 0.325 e. The molecule has 0 aliphatic heterocycles. The Kier molecular flexibility index (Phi) is 4.56. The van der Waals surface area contributed by atoms with Crippen LogP contribution in [0.3, 0.4) is 0 Å². The second-order valence-electron chi connectivity index (χ2n) is 4.14. The summed E-state index contributed by atoms with van der Waals surface area (Å²) in [4.78, 5) is 36.4. The smallest absolute Gasteiger partial charge is 0.325 e. The van der Waals surface area contributed by atoms with Crippen LogP contribution < -0.4 is 0 Å². The summed E-state index contributed by atoms with van der Waals surface area (Å²) in [6, 6.07) is 0. The zero-order chi connectivity index (χ0) is 14.6. The van der Waals surface area contributed by atoms with Crippen molar-refractivity contribution in [1.82, 2.24) is 24.8 Å². The van der Waals surface area contributed by atoms with Gasteiger partial charge < -0.3 is 14.9 Å². The fourth-order valence-corrected chi connectivity index (χ4v) is 1.22. The Hall–Kier alpha value is -2.45. The van der Waals surface area contributed by atoms with Crippen LogP contribution in [0.2, 0.25) is 0 Å². The van der Waals surface area contributed by atoms with E-state index in [1.807, 2.05) is 0 Å². The van der Waals surface area contributed by atoms with Gasteiger partial charge in [-0.2, -0.15) is 0 Å². The zero-order valence-electron chi connectivity index (χ0n) is 10.9. The van der Waals surface area contributed by atoms with Gasteiger partial charge in [-0.15, -0.1) is 5.10 Å². The Labute approximate surface area is 109 Å². The summed E-state index contributed by atoms with van der Waals surface area (Å²) >= 11 is 0. The largest absolute Gasteiger partial charge is 0.480 e. The first-order valence-electron chi connectivity index (χ1n) is 5.38. The van der Waals surface area contributed by atoms with E-state index in [2.05, 4.69) is 10.3 Å². The van der Waals surface area contributed by atoms with E-state index < -0.39 is 11.9 Å². The van der Waals surface area contributed by atoms with Crippen molar-refractivity contribution in [1.29, 1.82) is 0 Å². The van der Waals surface area contributed by atoms with Crippen molar-refractivity contribution < 1.29 is 19.5 Å². The fraction of sp³-hybridized carbons (Fsp3) is 0.500. The minimum atomic E-state index is -1.08. The van der Waals surface area contributed by atoms with Crippen molar-refractivity contribution >= 4 is 17.8 Å². The zero-order valence-corrected chi connectivity index (χ0v) is 10.9. The summed E-state index contributed by atoms with van der Waals surface area (Å²) in [5.41, 5.74) is -0.00435. The number of carboxylic acids is 1. The third-order valence-electron chi connectivity index (χ3n) is 2.27. The number of aromatic nitrogens is 3. The van der Waals surface area contributed by atoms with Crippen LogP contribution in [0.4, 0.5) is 0 Å². The molecule has 0 bridgehead atoms. The van der Waals surface area contributed by atoms with Crippen LogP contribution in [0.15, 0.2) is 6.20 Å². The van der Waals surface area contributed by atoms with Crippen LogP contribution >= 0.6 is 0 Å². The number of amides is 2. The maximum absolute atomic E-state index is 11.9. The molecule has 0 aromatic carbocycles. The van der Waals surface area contributed by atoms with Gasteiger partial charge in [0.1, 0.15) is 6.54 Å². The number of carbonyl (C=O) groups is 3. The molecule has 0 spiro atoms. The molecule has 1 N–H and O–H groups in total. The molecule has 9 heteroatoms. The van der Waals surface area contributed by atoms with Gasteiger partial charge in [-0.25, -0.2) is 4.68 Å². The molecule has 0 saturated heterocycles. The number of nitrogens with zero attached hydrogens (tertiary/aromatic N) is 5. The average molecular weight is 269 g/mol. The Morgan fingerprint density at radius 2 is 1.95 bits per heavy atom. The maximum atomic E-state index is 11.9. The monoisotopic (exact) mass is 269 g/mol. The molecule has 1 aromatic rings. The van der Waals surface area contributed by atoms with Crippen LogP contribution in [-0.4, -0.2) is 75.4 Å². The van der Waals surface area contributed by atoms with E-state index in [4.69, 9.17) is 5.11 Å². The lowest BCUT2D eigenvalue weighted by molar-refractivity contribution is -0.138. The molecule has 104 valence electrons. The van der Waals surface area contributed by atoms with Gasteiger partial charge in [0.15, 0.2) is 5.69 Å². The van der Waals surface area contributed by atoms with Crippen molar-refractivity contribution in [3.63, 3.8) is 0 Å². The lowest BCUT2D eigenvalue weighted by Crippen LogP contribution is -2.37. The predicted octanol–water partition coefficient (Wildman–Crippen LogP) is -1.48. The fourth-order valence-electron chi connectivity index (χ4n) is 1.22. The molecular formula is C10H15N5O4. The highest BCUT2D eigenvalue weighted by Gasteiger charge is 2.19. The molecular weight excluding hydrogens is 254 g/mol. The van der Waals surface area contributed by atoms with E-state index in [9.17, 15) is 14.4 Å². The number of carbonyl (C=O) groups excluding carboxylic acids is 2. The standard InChI is InChI=1S/C10H15N5O4/c1-13(2)8(16)5-14(3)10(19)7-4-15(12-11-7)6-9(17)18/h4H,5-6H2,1-3H3,(H,17,18). The molecule has 0 aliphatic carbocycles. The number of carboxylic acid groups (broad SMARTS) is 1. The number of hydrogen-bond acceptors (Lipinski definition) is 5. The summed E-state index contributed by atoms with van der Waals surface area (Å²) in [7, 11) is 4.63. The number of aliphatic carboxylic acids is 1. The number of likely N-dealkylation sites (N-methyl/N-ethyl adjacent to an activating group) is 2. The lowest BCUT2D eigenvalue weighted by Gasteiger charge is -2.17. The highest BCUT2D eigenvalue weighted by Crippen LogP contribution is 1.99. The normalized spacial score (nSPS) is 10.1. The minimum absolute atomic E-state index is 0.00435. The summed E-state index contributed by atoms with van der Waals surface area (Å²) in [6.07, 6.45) is 1.23. The molecule has 1 rings (SSSR count). The van der Waals surface area contributed by atoms with E-state index in [1.54, 1.807) is 14.1 Å². The minimum Gasteiger partial charge on any atom is -0.480 e. The highest BCUT2D eigenvalue weighted by molar-refractivity contribution is 5.94. The van der Waals surface area contributed by atoms with Crippen LogP contribution in [0.5, 0.6) is 0 Å². The van der Waals surface area contributed by atoms with Gasteiger partial charge in [-0.3, -0.25) is 14.4 Å². The van der Waals surface area contributed by atoms with Crippen LogP contribution in [0, 0.1) is 0 Å². The molecule has 1 aromatic heterocycles. The quantitative estimate of drug-likeness (QED) is 0.698. The van der Waals surface area contributed by atoms with E-state index in [0.29, 0.717) is 0 Å². The topological polar surface area (TPSA) is 109 Å². The third-order valence-corrected chi connectivity index (χ3v) is 2.27. The first-order valence-corrected chi connectivity index (χ1v) is 5.38. The average Bonchev–Trinajstić information content (AvgIpc) is 2.75. The lowest BCUT2D eigenvalue weighted by atomic mass is 10.4. The van der Waals surface area contributed by atoms with Crippen molar-refractivity contribution in [3.05, 3.63) is 11.9 Å². The van der Waals surface area contributed by atoms with Crippen molar-refractivity contribution in [2.45, 2.75) is 6.54 Å². The Balaban J connectivity index is 2.69. The molecule has 0 radical (unpaired) electrons. The van der Waals surface area contributed by atoms with Gasteiger partial charge in [0.05, 0.1) is 12.7 Å². The second kappa shape index (κ2) is 5.94. The van der Waals surface area contributed by atoms with Crippen molar-refractivity contribution in [2.75, 3.05) is 27.7 Å². The predicted molar refractivity (Wildman–Crippen MR) is 63.3 cm³/mol. The van der Waals surface area contributed by atoms with Crippen LogP contribution in [0.25, 0.3) is 0 Å². The molecule has 0 aliphatic rings. The molecule has 1 heterocycles. The number of hydrogen-bond donors (Lipinski definition) is 1. The molecule has 2 amide bonds. The van der Waals surface area contributed by atoms with Gasteiger partial charge in [0.25, 0.3) is 5.91 Å². The summed E-state index contributed by atoms with van der Waals surface area (Å²) in [5, 5.41) is 15.7. The first-order chi connectivity index (χ1) is 8.81. The van der Waals surface area contributed by atoms with E-state index in [-0.39, 0.29) is 24.7 Å². The molecule has 0 atom stereocenters. The summed E-state index contributed by atoms with van der Waals surface area (Å²) in [5.74, 6) is -1.80.